The van der Waals surface area contributed by atoms with E-state index < -0.39 is 22.4 Å². The smallest absolute Gasteiger partial charge is 0.423 e. The van der Waals surface area contributed by atoms with E-state index >= 15 is 0 Å². The fourth-order valence-corrected chi connectivity index (χ4v) is 6.15. The van der Waals surface area contributed by atoms with Gasteiger partial charge < -0.3 is 15.0 Å². The molecule has 39 heavy (non-hydrogen) atoms. The first-order chi connectivity index (χ1) is 18.7. The summed E-state index contributed by atoms with van der Waals surface area (Å²) in [5.74, 6) is 1.47. The topological polar surface area (TPSA) is 83.8 Å². The van der Waals surface area contributed by atoms with Gasteiger partial charge in [-0.2, -0.15) is 13.2 Å². The second-order valence-electron chi connectivity index (χ2n) is 11.0. The number of halogens is 3. The Kier molecular flexibility index (Phi) is 8.44. The molecule has 0 spiro atoms. The van der Waals surface area contributed by atoms with E-state index in [1.807, 2.05) is 12.1 Å². The molecule has 0 amide bonds. The molecule has 0 radical (unpaired) electrons. The van der Waals surface area contributed by atoms with E-state index in [9.17, 15) is 23.3 Å². The highest BCUT2D eigenvalue weighted by atomic mass is 19.4. The van der Waals surface area contributed by atoms with Gasteiger partial charge in [0, 0.05) is 68.5 Å². The minimum absolute atomic E-state index is 0.0170. The zero-order valence-electron chi connectivity index (χ0n) is 22.0. The Morgan fingerprint density at radius 2 is 1.72 bits per heavy atom. The summed E-state index contributed by atoms with van der Waals surface area (Å²) >= 11 is 0. The molecule has 0 unspecified atom stereocenters. The van der Waals surface area contributed by atoms with Crippen molar-refractivity contribution in [1.82, 2.24) is 9.88 Å². The molecule has 1 N–H and O–H groups in total. The summed E-state index contributed by atoms with van der Waals surface area (Å²) in [6.45, 7) is 5.36. The van der Waals surface area contributed by atoms with Crippen molar-refractivity contribution in [2.45, 2.75) is 69.7 Å². The number of ether oxygens (including phenoxy) is 1. The number of alkyl halides is 3. The molecular weight excluding hydrogens is 511 g/mol. The van der Waals surface area contributed by atoms with Crippen molar-refractivity contribution in [3.8, 4) is 5.88 Å². The number of piperazine rings is 1. The van der Waals surface area contributed by atoms with Crippen LogP contribution in [0.2, 0.25) is 0 Å². The number of rotatable bonds is 8. The van der Waals surface area contributed by atoms with Crippen LogP contribution < -0.4 is 15.0 Å². The summed E-state index contributed by atoms with van der Waals surface area (Å²) in [6.07, 6.45) is 5.39. The molecule has 0 atom stereocenters. The lowest BCUT2D eigenvalue weighted by Gasteiger charge is -2.37. The highest BCUT2D eigenvalue weighted by Gasteiger charge is 2.38. The Hall–Kier alpha value is -3.08. The van der Waals surface area contributed by atoms with E-state index in [4.69, 9.17) is 4.74 Å². The first kappa shape index (κ1) is 27.5. The lowest BCUT2D eigenvalue weighted by atomic mass is 9.92. The van der Waals surface area contributed by atoms with E-state index in [1.165, 1.54) is 38.3 Å². The van der Waals surface area contributed by atoms with Crippen molar-refractivity contribution in [3.05, 3.63) is 52.2 Å². The second kappa shape index (κ2) is 12.0. The van der Waals surface area contributed by atoms with Gasteiger partial charge in [0.2, 0.25) is 5.88 Å². The van der Waals surface area contributed by atoms with Crippen LogP contribution >= 0.6 is 0 Å². The first-order valence-electron chi connectivity index (χ1n) is 14.0. The first-order valence-corrected chi connectivity index (χ1v) is 14.0. The van der Waals surface area contributed by atoms with Crippen LogP contribution in [0.5, 0.6) is 5.88 Å². The van der Waals surface area contributed by atoms with Crippen molar-refractivity contribution < 1.29 is 22.8 Å². The maximum atomic E-state index is 13.3. The van der Waals surface area contributed by atoms with Gasteiger partial charge in [-0.25, -0.2) is 4.98 Å². The van der Waals surface area contributed by atoms with Crippen LogP contribution in [0.3, 0.4) is 0 Å². The van der Waals surface area contributed by atoms with Crippen LogP contribution in [0.1, 0.15) is 56.9 Å². The van der Waals surface area contributed by atoms with Crippen LogP contribution in [-0.4, -0.2) is 59.7 Å². The Morgan fingerprint density at radius 1 is 1.00 bits per heavy atom. The number of pyridine rings is 1. The quantitative estimate of drug-likeness (QED) is 0.315. The van der Waals surface area contributed by atoms with E-state index in [-0.39, 0.29) is 17.8 Å². The molecule has 3 aliphatic rings. The fourth-order valence-electron chi connectivity index (χ4n) is 6.15. The van der Waals surface area contributed by atoms with E-state index in [0.29, 0.717) is 18.7 Å². The van der Waals surface area contributed by atoms with Crippen LogP contribution in [0, 0.1) is 16.0 Å². The molecule has 2 aliphatic carbocycles. The lowest BCUT2D eigenvalue weighted by molar-refractivity contribution is -0.388. The SMILES string of the molecule is O=[N+]([O-])c1ccc(N[C@H]2CC[C@H](Oc3cc(N4CCN(CC5CCCC5)CC4)ccn3)CC2)cc1C(F)(F)F. The molecule has 2 aromatic rings. The molecule has 1 aliphatic heterocycles. The van der Waals surface area contributed by atoms with Crippen molar-refractivity contribution in [2.24, 2.45) is 5.92 Å². The summed E-state index contributed by atoms with van der Waals surface area (Å²) < 4.78 is 46.1. The second-order valence-corrected chi connectivity index (χ2v) is 11.0. The van der Waals surface area contributed by atoms with Gasteiger partial charge in [0.05, 0.1) is 4.92 Å². The maximum Gasteiger partial charge on any atom is 0.423 e. The summed E-state index contributed by atoms with van der Waals surface area (Å²) in [5, 5.41) is 14.1. The minimum Gasteiger partial charge on any atom is -0.474 e. The van der Waals surface area contributed by atoms with Crippen molar-refractivity contribution in [3.63, 3.8) is 0 Å². The summed E-state index contributed by atoms with van der Waals surface area (Å²) in [7, 11) is 0. The van der Waals surface area contributed by atoms with Gasteiger partial charge >= 0.3 is 6.18 Å². The van der Waals surface area contributed by atoms with Gasteiger partial charge in [0.25, 0.3) is 5.69 Å². The van der Waals surface area contributed by atoms with Crippen LogP contribution in [0.15, 0.2) is 36.5 Å². The van der Waals surface area contributed by atoms with Crippen LogP contribution in [-0.2, 0) is 6.18 Å². The van der Waals surface area contributed by atoms with Crippen molar-refractivity contribution in [2.75, 3.05) is 42.9 Å². The molecule has 1 saturated heterocycles. The predicted octanol–water partition coefficient (Wildman–Crippen LogP) is 6.12. The summed E-state index contributed by atoms with van der Waals surface area (Å²) in [4.78, 5) is 19.4. The predicted molar refractivity (Wildman–Crippen MR) is 143 cm³/mol. The third kappa shape index (κ3) is 7.12. The molecule has 2 heterocycles. The molecule has 1 aromatic heterocycles. The average Bonchev–Trinajstić information content (AvgIpc) is 3.43. The fraction of sp³-hybridized carbons (Fsp3) is 0.607. The molecule has 8 nitrogen and oxygen atoms in total. The van der Waals surface area contributed by atoms with Crippen molar-refractivity contribution >= 4 is 17.1 Å². The number of nitrogens with zero attached hydrogens (tertiary/aromatic N) is 4. The number of anilines is 2. The number of hydrogen-bond donors (Lipinski definition) is 1. The van der Waals surface area contributed by atoms with Gasteiger partial charge in [0.15, 0.2) is 0 Å². The number of aromatic nitrogens is 1. The van der Waals surface area contributed by atoms with Gasteiger partial charge in [-0.15, -0.1) is 0 Å². The van der Waals surface area contributed by atoms with Crippen LogP contribution in [0.4, 0.5) is 30.2 Å². The highest BCUT2D eigenvalue weighted by molar-refractivity contribution is 5.55. The number of hydrogen-bond acceptors (Lipinski definition) is 7. The Labute approximate surface area is 226 Å². The molecule has 2 saturated carbocycles. The van der Waals surface area contributed by atoms with E-state index in [0.717, 1.165) is 62.8 Å². The Balaban J connectivity index is 1.10. The molecule has 0 bridgehead atoms. The number of nitro groups is 1. The summed E-state index contributed by atoms with van der Waals surface area (Å²) in [6, 6.07) is 7.07. The normalized spacial score (nSPS) is 23.1. The summed E-state index contributed by atoms with van der Waals surface area (Å²) in [5.41, 5.74) is -0.828. The molecule has 3 fully saturated rings. The minimum atomic E-state index is -4.80. The molecule has 212 valence electrons. The number of nitrogens with one attached hydrogen (secondary N) is 1. The number of benzene rings is 1. The molecular formula is C28H36F3N5O3. The van der Waals surface area contributed by atoms with E-state index in [2.05, 4.69) is 20.1 Å². The van der Waals surface area contributed by atoms with Crippen LogP contribution in [0.25, 0.3) is 0 Å². The zero-order chi connectivity index (χ0) is 27.4. The largest absolute Gasteiger partial charge is 0.474 e. The number of nitro benzene ring substituents is 1. The third-order valence-electron chi connectivity index (χ3n) is 8.28. The molecule has 1 aromatic carbocycles. The zero-order valence-corrected chi connectivity index (χ0v) is 22.0. The third-order valence-corrected chi connectivity index (χ3v) is 8.28. The van der Waals surface area contributed by atoms with E-state index in [1.54, 1.807) is 6.20 Å². The van der Waals surface area contributed by atoms with Gasteiger partial charge in [0.1, 0.15) is 11.7 Å². The Bertz CT molecular complexity index is 1130. The van der Waals surface area contributed by atoms with Gasteiger partial charge in [-0.1, -0.05) is 12.8 Å². The van der Waals surface area contributed by atoms with Gasteiger partial charge in [-0.05, 0) is 62.6 Å². The van der Waals surface area contributed by atoms with Gasteiger partial charge in [-0.3, -0.25) is 15.0 Å². The monoisotopic (exact) mass is 547 g/mol. The Morgan fingerprint density at radius 3 is 2.38 bits per heavy atom. The average molecular weight is 548 g/mol. The lowest BCUT2D eigenvalue weighted by Crippen LogP contribution is -2.47. The standard InChI is InChI=1S/C28H36F3N5O3/c29-28(30,31)25-17-22(7-10-26(25)36(37)38)33-21-5-8-24(9-6-21)39-27-18-23(11-12-32-27)35-15-13-34(14-16-35)19-20-3-1-2-4-20/h7,10-12,17-18,20-21,24,33H,1-6,8-9,13-16,19H2/t21-,24-. The maximum absolute atomic E-state index is 13.3. The highest BCUT2D eigenvalue weighted by Crippen LogP contribution is 2.38. The van der Waals surface area contributed by atoms with Crippen molar-refractivity contribution in [1.29, 1.82) is 0 Å². The molecule has 5 rings (SSSR count). The molecule has 11 heteroatoms.